The van der Waals surface area contributed by atoms with E-state index in [0.29, 0.717) is 17.3 Å². The van der Waals surface area contributed by atoms with E-state index in [2.05, 4.69) is 20.5 Å². The number of hydrogen-bond acceptors (Lipinski definition) is 5. The molecule has 0 radical (unpaired) electrons. The summed E-state index contributed by atoms with van der Waals surface area (Å²) in [5.41, 5.74) is 0.563. The normalized spacial score (nSPS) is 12.5. The molecule has 0 aliphatic carbocycles. The Kier molecular flexibility index (Phi) is 5.32. The quantitative estimate of drug-likeness (QED) is 0.841. The van der Waals surface area contributed by atoms with Crippen molar-refractivity contribution in [1.82, 2.24) is 5.16 Å². The smallest absolute Gasteiger partial charge is 0.422 e. The van der Waals surface area contributed by atoms with Gasteiger partial charge in [0.15, 0.2) is 12.4 Å². The van der Waals surface area contributed by atoms with Crippen molar-refractivity contribution in [2.45, 2.75) is 26.1 Å². The molecule has 0 aliphatic heterocycles. The number of hydrogen-bond donors (Lipinski definition) is 2. The second kappa shape index (κ2) is 7.24. The van der Waals surface area contributed by atoms with Crippen LogP contribution in [0.4, 0.5) is 24.7 Å². The van der Waals surface area contributed by atoms with Crippen molar-refractivity contribution < 1.29 is 27.2 Å². The van der Waals surface area contributed by atoms with E-state index in [-0.39, 0.29) is 11.7 Å². The summed E-state index contributed by atoms with van der Waals surface area (Å²) in [6, 6.07) is 6.81. The van der Waals surface area contributed by atoms with Gasteiger partial charge in [-0.25, -0.2) is 0 Å². The number of rotatable bonds is 6. The molecule has 9 heteroatoms. The molecule has 6 nitrogen and oxygen atoms in total. The number of ether oxygens (including phenoxy) is 1. The van der Waals surface area contributed by atoms with E-state index in [4.69, 9.17) is 4.52 Å². The minimum atomic E-state index is -4.39. The molecule has 0 unspecified atom stereocenters. The number of halogens is 3. The zero-order valence-electron chi connectivity index (χ0n) is 13.0. The lowest BCUT2D eigenvalue weighted by Gasteiger charge is -2.15. The first-order valence-electron chi connectivity index (χ1n) is 7.03. The molecule has 1 atom stereocenters. The lowest BCUT2D eigenvalue weighted by atomic mass is 10.2. The third-order valence-corrected chi connectivity index (χ3v) is 2.91. The summed E-state index contributed by atoms with van der Waals surface area (Å²) < 4.78 is 45.7. The van der Waals surface area contributed by atoms with Gasteiger partial charge in [0, 0.05) is 11.8 Å². The standard InChI is InChI=1S/C15H16F3N3O3/c1-9-7-13(21-24-9)20-14(22)10(2)19-11-3-5-12(6-4-11)23-8-15(16,17)18/h3-7,10,19H,8H2,1-2H3,(H,20,21,22)/t10-/m0/s1. The van der Waals surface area contributed by atoms with Gasteiger partial charge >= 0.3 is 6.18 Å². The molecular weight excluding hydrogens is 327 g/mol. The van der Waals surface area contributed by atoms with E-state index in [1.54, 1.807) is 19.9 Å². The first-order valence-corrected chi connectivity index (χ1v) is 7.03. The van der Waals surface area contributed by atoms with Crippen LogP contribution in [0.3, 0.4) is 0 Å². The Balaban J connectivity index is 1.87. The van der Waals surface area contributed by atoms with Gasteiger partial charge in [0.2, 0.25) is 5.91 Å². The van der Waals surface area contributed by atoms with Gasteiger partial charge in [-0.15, -0.1) is 0 Å². The van der Waals surface area contributed by atoms with Crippen LogP contribution in [-0.4, -0.2) is 29.9 Å². The molecular formula is C15H16F3N3O3. The minimum Gasteiger partial charge on any atom is -0.484 e. The number of amides is 1. The van der Waals surface area contributed by atoms with Gasteiger partial charge in [0.1, 0.15) is 17.6 Å². The SMILES string of the molecule is Cc1cc(NC(=O)[C@H](C)Nc2ccc(OCC(F)(F)F)cc2)no1. The van der Waals surface area contributed by atoms with Gasteiger partial charge in [-0.2, -0.15) is 13.2 Å². The van der Waals surface area contributed by atoms with Gasteiger partial charge in [0.25, 0.3) is 0 Å². The van der Waals surface area contributed by atoms with Crippen LogP contribution in [0.2, 0.25) is 0 Å². The molecule has 2 rings (SSSR count). The average molecular weight is 343 g/mol. The number of carbonyl (C=O) groups is 1. The molecule has 2 aromatic rings. The van der Waals surface area contributed by atoms with Crippen molar-refractivity contribution in [3.63, 3.8) is 0 Å². The number of alkyl halides is 3. The van der Waals surface area contributed by atoms with Gasteiger partial charge in [-0.05, 0) is 38.1 Å². The maximum atomic E-state index is 12.1. The van der Waals surface area contributed by atoms with Crippen LogP contribution in [0, 0.1) is 6.92 Å². The van der Waals surface area contributed by atoms with Gasteiger partial charge in [0.05, 0.1) is 0 Å². The third kappa shape index (κ3) is 5.49. The summed E-state index contributed by atoms with van der Waals surface area (Å²) in [5, 5.41) is 9.15. The van der Waals surface area contributed by atoms with E-state index in [1.165, 1.54) is 24.3 Å². The third-order valence-electron chi connectivity index (χ3n) is 2.91. The zero-order chi connectivity index (χ0) is 17.7. The van der Waals surface area contributed by atoms with Crippen LogP contribution in [0.15, 0.2) is 34.9 Å². The predicted molar refractivity (Wildman–Crippen MR) is 80.9 cm³/mol. The van der Waals surface area contributed by atoms with Crippen molar-refractivity contribution >= 4 is 17.4 Å². The number of anilines is 2. The van der Waals surface area contributed by atoms with Crippen LogP contribution in [0.25, 0.3) is 0 Å². The molecule has 0 bridgehead atoms. The lowest BCUT2D eigenvalue weighted by Crippen LogP contribution is -2.31. The van der Waals surface area contributed by atoms with Crippen LogP contribution in [-0.2, 0) is 4.79 Å². The highest BCUT2D eigenvalue weighted by Crippen LogP contribution is 2.20. The Morgan fingerprint density at radius 1 is 1.33 bits per heavy atom. The van der Waals surface area contributed by atoms with Crippen LogP contribution < -0.4 is 15.4 Å². The largest absolute Gasteiger partial charge is 0.484 e. The molecule has 0 aliphatic rings. The first-order chi connectivity index (χ1) is 11.2. The van der Waals surface area contributed by atoms with Crippen molar-refractivity contribution in [2.24, 2.45) is 0 Å². The number of benzene rings is 1. The van der Waals surface area contributed by atoms with Crippen molar-refractivity contribution in [2.75, 3.05) is 17.2 Å². The maximum Gasteiger partial charge on any atom is 0.422 e. The Bertz CT molecular complexity index is 683. The van der Waals surface area contributed by atoms with E-state index >= 15 is 0 Å². The van der Waals surface area contributed by atoms with Gasteiger partial charge in [-0.1, -0.05) is 5.16 Å². The second-order valence-electron chi connectivity index (χ2n) is 5.11. The number of nitrogens with one attached hydrogen (secondary N) is 2. The Labute approximate surface area is 136 Å². The fourth-order valence-electron chi connectivity index (χ4n) is 1.79. The molecule has 1 heterocycles. The summed E-state index contributed by atoms with van der Waals surface area (Å²) in [7, 11) is 0. The van der Waals surface area contributed by atoms with Crippen molar-refractivity contribution in [3.05, 3.63) is 36.1 Å². The fraction of sp³-hybridized carbons (Fsp3) is 0.333. The highest BCUT2D eigenvalue weighted by atomic mass is 19.4. The van der Waals surface area contributed by atoms with Crippen LogP contribution in [0.1, 0.15) is 12.7 Å². The Hall–Kier alpha value is -2.71. The second-order valence-corrected chi connectivity index (χ2v) is 5.11. The molecule has 1 aromatic carbocycles. The fourth-order valence-corrected chi connectivity index (χ4v) is 1.79. The first kappa shape index (κ1) is 17.6. The highest BCUT2D eigenvalue weighted by molar-refractivity contribution is 5.95. The van der Waals surface area contributed by atoms with Crippen LogP contribution in [0.5, 0.6) is 5.75 Å². The Morgan fingerprint density at radius 2 is 2.00 bits per heavy atom. The molecule has 0 fully saturated rings. The van der Waals surface area contributed by atoms with E-state index < -0.39 is 18.8 Å². The van der Waals surface area contributed by atoms with E-state index in [0.717, 1.165) is 0 Å². The molecule has 2 N–H and O–H groups in total. The summed E-state index contributed by atoms with van der Waals surface area (Å²) in [6.07, 6.45) is -4.39. The highest BCUT2D eigenvalue weighted by Gasteiger charge is 2.28. The maximum absolute atomic E-state index is 12.1. The molecule has 0 spiro atoms. The topological polar surface area (TPSA) is 76.4 Å². The molecule has 0 saturated carbocycles. The monoisotopic (exact) mass is 343 g/mol. The molecule has 0 saturated heterocycles. The summed E-state index contributed by atoms with van der Waals surface area (Å²) in [5.74, 6) is 0.635. The van der Waals surface area contributed by atoms with E-state index in [9.17, 15) is 18.0 Å². The number of nitrogens with zero attached hydrogens (tertiary/aromatic N) is 1. The zero-order valence-corrected chi connectivity index (χ0v) is 13.0. The minimum absolute atomic E-state index is 0.0908. The average Bonchev–Trinajstić information content (AvgIpc) is 2.91. The Morgan fingerprint density at radius 3 is 2.54 bits per heavy atom. The number of carbonyl (C=O) groups excluding carboxylic acids is 1. The van der Waals surface area contributed by atoms with Crippen LogP contribution >= 0.6 is 0 Å². The van der Waals surface area contributed by atoms with Crippen molar-refractivity contribution in [3.8, 4) is 5.75 Å². The number of aromatic nitrogens is 1. The molecule has 130 valence electrons. The summed E-state index contributed by atoms with van der Waals surface area (Å²) in [6.45, 7) is 1.98. The van der Waals surface area contributed by atoms with Crippen molar-refractivity contribution in [1.29, 1.82) is 0 Å². The molecule has 1 amide bonds. The molecule has 24 heavy (non-hydrogen) atoms. The predicted octanol–water partition coefficient (Wildman–Crippen LogP) is 3.36. The van der Waals surface area contributed by atoms with E-state index in [1.807, 2.05) is 0 Å². The molecule has 1 aromatic heterocycles. The van der Waals surface area contributed by atoms with Gasteiger partial charge < -0.3 is 19.9 Å². The van der Waals surface area contributed by atoms with Gasteiger partial charge in [-0.3, -0.25) is 4.79 Å². The lowest BCUT2D eigenvalue weighted by molar-refractivity contribution is -0.153. The summed E-state index contributed by atoms with van der Waals surface area (Å²) in [4.78, 5) is 12.0. The number of aryl methyl sites for hydroxylation is 1. The summed E-state index contributed by atoms with van der Waals surface area (Å²) >= 11 is 0.